The van der Waals surface area contributed by atoms with Crippen LogP contribution in [0.15, 0.2) is 24.3 Å². The molecule has 0 saturated carbocycles. The summed E-state index contributed by atoms with van der Waals surface area (Å²) >= 11 is 0. The molecule has 1 rings (SSSR count). The lowest BCUT2D eigenvalue weighted by Gasteiger charge is -2.40. The van der Waals surface area contributed by atoms with Crippen molar-refractivity contribution in [2.45, 2.75) is 326 Å². The minimum atomic E-state index is -1.57. The molecule has 1 saturated heterocycles. The van der Waals surface area contributed by atoms with Gasteiger partial charge in [0.05, 0.1) is 32.0 Å². The molecular weight excluding hydrogens is 895 g/mol. The van der Waals surface area contributed by atoms with Crippen LogP contribution in [0.2, 0.25) is 0 Å². The maximum absolute atomic E-state index is 13.0. The summed E-state index contributed by atoms with van der Waals surface area (Å²) in [7, 11) is 0. The molecule has 1 heterocycles. The van der Waals surface area contributed by atoms with E-state index in [4.69, 9.17) is 14.2 Å². The molecule has 0 aromatic heterocycles. The van der Waals surface area contributed by atoms with E-state index in [0.29, 0.717) is 19.4 Å². The molecule has 71 heavy (non-hydrogen) atoms. The van der Waals surface area contributed by atoms with Crippen molar-refractivity contribution in [3.63, 3.8) is 0 Å². The predicted octanol–water partition coefficient (Wildman–Crippen LogP) is 13.7. The monoisotopic (exact) mass is 1010 g/mol. The summed E-state index contributed by atoms with van der Waals surface area (Å²) in [6.45, 7) is 4.29. The van der Waals surface area contributed by atoms with Crippen molar-refractivity contribution < 1.29 is 49.3 Å². The molecule has 11 heteroatoms. The summed E-state index contributed by atoms with van der Waals surface area (Å²) in [4.78, 5) is 25.0. The number of ether oxygens (including phenoxy) is 3. The fourth-order valence-corrected chi connectivity index (χ4v) is 9.49. The lowest BCUT2D eigenvalue weighted by molar-refractivity contribution is -0.302. The summed E-state index contributed by atoms with van der Waals surface area (Å²) < 4.78 is 16.7. The number of esters is 1. The molecule has 0 radical (unpaired) electrons. The van der Waals surface area contributed by atoms with Gasteiger partial charge in [-0.2, -0.15) is 0 Å². The second-order valence-corrected chi connectivity index (χ2v) is 21.1. The first kappa shape index (κ1) is 67.2. The predicted molar refractivity (Wildman–Crippen MR) is 292 cm³/mol. The molecular formula is C60H113NO10. The Kier molecular flexibility index (Phi) is 47.6. The Balaban J connectivity index is 2.00. The van der Waals surface area contributed by atoms with Gasteiger partial charge in [0.1, 0.15) is 24.4 Å². The number of allylic oxidation sites excluding steroid dienone is 3. The van der Waals surface area contributed by atoms with Gasteiger partial charge in [0.25, 0.3) is 0 Å². The summed E-state index contributed by atoms with van der Waals surface area (Å²) in [5, 5.41) is 54.2. The minimum Gasteiger partial charge on any atom is -0.466 e. The van der Waals surface area contributed by atoms with Crippen LogP contribution in [0.1, 0.15) is 284 Å². The van der Waals surface area contributed by atoms with Crippen LogP contribution in [-0.4, -0.2) is 100 Å². The number of amides is 1. The number of carbonyl (C=O) groups is 2. The minimum absolute atomic E-state index is 0.00935. The Hall–Kier alpha value is -1.86. The van der Waals surface area contributed by atoms with Gasteiger partial charge in [-0.15, -0.1) is 0 Å². The Morgan fingerprint density at radius 1 is 0.507 bits per heavy atom. The smallest absolute Gasteiger partial charge is 0.305 e. The number of hydrogen-bond donors (Lipinski definition) is 6. The van der Waals surface area contributed by atoms with E-state index in [2.05, 4.69) is 31.3 Å². The van der Waals surface area contributed by atoms with Crippen LogP contribution in [0.5, 0.6) is 0 Å². The molecule has 1 fully saturated rings. The Morgan fingerprint density at radius 2 is 0.901 bits per heavy atom. The van der Waals surface area contributed by atoms with Crippen molar-refractivity contribution in [3.05, 3.63) is 24.3 Å². The topological polar surface area (TPSA) is 175 Å². The highest BCUT2D eigenvalue weighted by atomic mass is 16.7. The third kappa shape index (κ3) is 40.2. The van der Waals surface area contributed by atoms with Crippen LogP contribution in [0.3, 0.4) is 0 Å². The van der Waals surface area contributed by atoms with Crippen LogP contribution in [0.4, 0.5) is 0 Å². The summed E-state index contributed by atoms with van der Waals surface area (Å²) in [5.74, 6) is -0.193. The number of aliphatic hydroxyl groups is 5. The van der Waals surface area contributed by atoms with E-state index in [1.807, 2.05) is 6.08 Å². The van der Waals surface area contributed by atoms with E-state index in [1.54, 1.807) is 6.08 Å². The van der Waals surface area contributed by atoms with Gasteiger partial charge in [-0.25, -0.2) is 0 Å². The van der Waals surface area contributed by atoms with Crippen LogP contribution in [0.25, 0.3) is 0 Å². The lowest BCUT2D eigenvalue weighted by atomic mass is 9.99. The van der Waals surface area contributed by atoms with Crippen molar-refractivity contribution in [2.24, 2.45) is 0 Å². The Bertz CT molecular complexity index is 1230. The maximum atomic E-state index is 13.0. The van der Waals surface area contributed by atoms with E-state index in [0.717, 1.165) is 57.8 Å². The second kappa shape index (κ2) is 50.3. The molecule has 0 spiro atoms. The molecule has 7 unspecified atom stereocenters. The van der Waals surface area contributed by atoms with Gasteiger partial charge in [0.15, 0.2) is 6.29 Å². The molecule has 1 aliphatic rings. The van der Waals surface area contributed by atoms with E-state index in [9.17, 15) is 35.1 Å². The highest BCUT2D eigenvalue weighted by molar-refractivity contribution is 5.76. The molecule has 0 bridgehead atoms. The van der Waals surface area contributed by atoms with Gasteiger partial charge in [0, 0.05) is 12.8 Å². The molecule has 0 aromatic carbocycles. The van der Waals surface area contributed by atoms with Crippen LogP contribution >= 0.6 is 0 Å². The third-order valence-electron chi connectivity index (χ3n) is 14.3. The zero-order valence-electron chi connectivity index (χ0n) is 45.9. The number of unbranched alkanes of at least 4 members (excludes halogenated alkanes) is 36. The van der Waals surface area contributed by atoms with E-state index >= 15 is 0 Å². The molecule has 1 amide bonds. The van der Waals surface area contributed by atoms with E-state index < -0.39 is 49.5 Å². The molecule has 0 aromatic rings. The standard InChI is InChI=1S/C60H113NO10/c1-3-5-7-9-11-13-14-28-32-36-40-44-48-56(65)69-49-45-41-37-33-29-26-24-22-20-18-16-15-17-19-21-23-25-27-31-35-39-43-47-55(64)61-52(53(63)46-42-38-34-30-12-10-8-6-4-2)51-70-60-59(68)58(67)57(66)54(50-62)71-60/h11,13,42,46,52-54,57-60,62-63,66-68H,3-10,12,14-41,43-45,47-51H2,1-2H3,(H,61,64)/b13-11-,46-42+. The first-order valence-corrected chi connectivity index (χ1v) is 30.1. The van der Waals surface area contributed by atoms with Gasteiger partial charge in [-0.3, -0.25) is 9.59 Å². The number of nitrogens with one attached hydrogen (secondary N) is 1. The Morgan fingerprint density at radius 3 is 1.38 bits per heavy atom. The quantitative estimate of drug-likeness (QED) is 0.0195. The fourth-order valence-electron chi connectivity index (χ4n) is 9.49. The SMILES string of the molecule is CCCCC/C=C\CCCCCCCC(=O)OCCCCCCCCCCCCCCCCCCCCCCCCC(=O)NC(COC1OC(CO)C(O)C(O)C1O)C(O)/C=C/CCCCCCCCC. The normalized spacial score (nSPS) is 19.2. The van der Waals surface area contributed by atoms with E-state index in [1.165, 1.54) is 199 Å². The first-order valence-electron chi connectivity index (χ1n) is 30.1. The van der Waals surface area contributed by atoms with Crippen LogP contribution in [-0.2, 0) is 23.8 Å². The lowest BCUT2D eigenvalue weighted by Crippen LogP contribution is -2.60. The third-order valence-corrected chi connectivity index (χ3v) is 14.3. The number of carbonyl (C=O) groups excluding carboxylic acids is 2. The average molecular weight is 1010 g/mol. The molecule has 11 nitrogen and oxygen atoms in total. The number of aliphatic hydroxyl groups excluding tert-OH is 5. The largest absolute Gasteiger partial charge is 0.466 e. The van der Waals surface area contributed by atoms with Gasteiger partial charge >= 0.3 is 5.97 Å². The summed E-state index contributed by atoms with van der Waals surface area (Å²) in [6.07, 6.45) is 50.0. The zero-order valence-corrected chi connectivity index (χ0v) is 45.9. The summed E-state index contributed by atoms with van der Waals surface area (Å²) in [6, 6.07) is -0.808. The van der Waals surface area contributed by atoms with Crippen molar-refractivity contribution in [1.29, 1.82) is 0 Å². The van der Waals surface area contributed by atoms with Crippen molar-refractivity contribution in [2.75, 3.05) is 19.8 Å². The molecule has 7 atom stereocenters. The van der Waals surface area contributed by atoms with Gasteiger partial charge < -0.3 is 45.1 Å². The van der Waals surface area contributed by atoms with Gasteiger partial charge in [-0.05, 0) is 57.8 Å². The second-order valence-electron chi connectivity index (χ2n) is 21.1. The molecule has 1 aliphatic heterocycles. The highest BCUT2D eigenvalue weighted by Gasteiger charge is 2.44. The van der Waals surface area contributed by atoms with Crippen LogP contribution < -0.4 is 5.32 Å². The van der Waals surface area contributed by atoms with E-state index in [-0.39, 0.29) is 18.5 Å². The van der Waals surface area contributed by atoms with Crippen molar-refractivity contribution in [1.82, 2.24) is 5.32 Å². The fraction of sp³-hybridized carbons (Fsp3) is 0.900. The van der Waals surface area contributed by atoms with Crippen LogP contribution in [0, 0.1) is 0 Å². The highest BCUT2D eigenvalue weighted by Crippen LogP contribution is 2.23. The first-order chi connectivity index (χ1) is 34.7. The number of rotatable bonds is 52. The van der Waals surface area contributed by atoms with Gasteiger partial charge in [0.2, 0.25) is 5.91 Å². The average Bonchev–Trinajstić information content (AvgIpc) is 3.37. The van der Waals surface area contributed by atoms with Crippen molar-refractivity contribution >= 4 is 11.9 Å². The zero-order chi connectivity index (χ0) is 51.7. The maximum Gasteiger partial charge on any atom is 0.305 e. The molecule has 418 valence electrons. The summed E-state index contributed by atoms with van der Waals surface area (Å²) in [5.41, 5.74) is 0. The van der Waals surface area contributed by atoms with Crippen molar-refractivity contribution in [3.8, 4) is 0 Å². The Labute approximate surface area is 435 Å². The molecule has 0 aliphatic carbocycles. The molecule has 6 N–H and O–H groups in total. The number of hydrogen-bond acceptors (Lipinski definition) is 10. The van der Waals surface area contributed by atoms with Gasteiger partial charge in [-0.1, -0.05) is 237 Å².